The van der Waals surface area contributed by atoms with E-state index in [1.807, 2.05) is 38.4 Å². The second-order valence-corrected chi connectivity index (χ2v) is 8.71. The van der Waals surface area contributed by atoms with Gasteiger partial charge in [0.05, 0.1) is 6.04 Å². The van der Waals surface area contributed by atoms with Crippen LogP contribution >= 0.6 is 15.9 Å². The molecule has 4 rings (SSSR count). The summed E-state index contributed by atoms with van der Waals surface area (Å²) in [5.41, 5.74) is 5.66. The molecule has 0 aromatic heterocycles. The third-order valence-electron chi connectivity index (χ3n) is 5.66. The van der Waals surface area contributed by atoms with E-state index in [1.54, 1.807) is 0 Å². The minimum atomic E-state index is -0.0510. The van der Waals surface area contributed by atoms with Gasteiger partial charge in [0.15, 0.2) is 0 Å². The van der Waals surface area contributed by atoms with Crippen LogP contribution in [-0.4, -0.2) is 33.1 Å². The molecule has 1 aliphatic heterocycles. The fourth-order valence-corrected chi connectivity index (χ4v) is 4.25. The molecule has 1 atom stereocenters. The highest BCUT2D eigenvalue weighted by molar-refractivity contribution is 9.10. The molecule has 0 saturated carbocycles. The van der Waals surface area contributed by atoms with E-state index in [9.17, 15) is 4.79 Å². The van der Waals surface area contributed by atoms with E-state index in [0.717, 1.165) is 17.4 Å². The monoisotopic (exact) mass is 463 g/mol. The van der Waals surface area contributed by atoms with E-state index in [-0.39, 0.29) is 11.9 Å². The number of carbonyl (C=O) groups is 1. The first-order chi connectivity index (χ1) is 14.5. The van der Waals surface area contributed by atoms with Crippen molar-refractivity contribution >= 4 is 33.2 Å². The molecule has 4 nitrogen and oxygen atoms in total. The van der Waals surface area contributed by atoms with Crippen LogP contribution in [0.15, 0.2) is 77.3 Å². The molecule has 0 saturated heterocycles. The Hall–Kier alpha value is -2.79. The number of rotatable bonds is 6. The van der Waals surface area contributed by atoms with Crippen LogP contribution in [0.2, 0.25) is 0 Å². The topological polar surface area (TPSA) is 35.6 Å². The summed E-state index contributed by atoms with van der Waals surface area (Å²) in [6.07, 6.45) is 1.03. The molecule has 0 radical (unpaired) electrons. The smallest absolute Gasteiger partial charge is 0.251 e. The molecule has 1 aliphatic rings. The van der Waals surface area contributed by atoms with Gasteiger partial charge in [-0.1, -0.05) is 46.3 Å². The van der Waals surface area contributed by atoms with Crippen molar-refractivity contribution in [3.8, 4) is 0 Å². The van der Waals surface area contributed by atoms with Crippen molar-refractivity contribution in [2.24, 2.45) is 0 Å². The van der Waals surface area contributed by atoms with Gasteiger partial charge in [-0.15, -0.1) is 0 Å². The Bertz CT molecular complexity index is 1020. The summed E-state index contributed by atoms with van der Waals surface area (Å²) in [4.78, 5) is 17.3. The maximum absolute atomic E-state index is 12.7. The van der Waals surface area contributed by atoms with E-state index in [1.165, 1.54) is 22.5 Å². The molecular weight excluding hydrogens is 438 g/mol. The molecule has 3 aromatic carbocycles. The first-order valence-corrected chi connectivity index (χ1v) is 11.0. The summed E-state index contributed by atoms with van der Waals surface area (Å²) >= 11 is 3.42. The van der Waals surface area contributed by atoms with Crippen molar-refractivity contribution in [1.82, 2.24) is 5.32 Å². The van der Waals surface area contributed by atoms with Gasteiger partial charge in [-0.2, -0.15) is 0 Å². The number of benzene rings is 3. The van der Waals surface area contributed by atoms with Crippen LogP contribution in [0.25, 0.3) is 0 Å². The van der Waals surface area contributed by atoms with Gasteiger partial charge in [0, 0.05) is 48.6 Å². The van der Waals surface area contributed by atoms with Crippen molar-refractivity contribution in [1.29, 1.82) is 0 Å². The van der Waals surface area contributed by atoms with Crippen molar-refractivity contribution in [2.75, 3.05) is 37.0 Å². The third-order valence-corrected chi connectivity index (χ3v) is 6.18. The predicted octanol–water partition coefficient (Wildman–Crippen LogP) is 5.05. The largest absolute Gasteiger partial charge is 0.378 e. The molecule has 0 fully saturated rings. The summed E-state index contributed by atoms with van der Waals surface area (Å²) < 4.78 is 0.964. The van der Waals surface area contributed by atoms with Gasteiger partial charge in [0.1, 0.15) is 0 Å². The summed E-state index contributed by atoms with van der Waals surface area (Å²) in [7, 11) is 4.09. The number of nitrogens with zero attached hydrogens (tertiary/aromatic N) is 2. The van der Waals surface area contributed by atoms with Gasteiger partial charge in [0.25, 0.3) is 5.91 Å². The van der Waals surface area contributed by atoms with E-state index < -0.39 is 0 Å². The number of anilines is 2. The maximum atomic E-state index is 12.7. The van der Waals surface area contributed by atoms with Crippen molar-refractivity contribution in [3.05, 3.63) is 94.0 Å². The van der Waals surface area contributed by atoms with Gasteiger partial charge in [-0.25, -0.2) is 0 Å². The molecule has 0 bridgehead atoms. The third kappa shape index (κ3) is 4.36. The molecule has 3 aromatic rings. The first-order valence-electron chi connectivity index (χ1n) is 10.2. The van der Waals surface area contributed by atoms with Crippen molar-refractivity contribution in [2.45, 2.75) is 12.5 Å². The number of halogens is 1. The van der Waals surface area contributed by atoms with Gasteiger partial charge >= 0.3 is 0 Å². The average molecular weight is 464 g/mol. The maximum Gasteiger partial charge on any atom is 0.251 e. The van der Waals surface area contributed by atoms with E-state index >= 15 is 0 Å². The highest BCUT2D eigenvalue weighted by Gasteiger charge is 2.27. The molecule has 1 amide bonds. The zero-order chi connectivity index (χ0) is 21.1. The Labute approximate surface area is 186 Å². The number of fused-ring (bicyclic) bond motifs is 1. The van der Waals surface area contributed by atoms with Crippen LogP contribution in [0.4, 0.5) is 11.4 Å². The lowest BCUT2D eigenvalue weighted by atomic mass is 10.0. The number of amides is 1. The van der Waals surface area contributed by atoms with Crippen LogP contribution in [0.5, 0.6) is 0 Å². The second kappa shape index (κ2) is 8.92. The zero-order valence-corrected chi connectivity index (χ0v) is 18.9. The quantitative estimate of drug-likeness (QED) is 0.555. The molecular formula is C25H26BrN3O. The van der Waals surface area contributed by atoms with Crippen LogP contribution in [0, 0.1) is 0 Å². The van der Waals surface area contributed by atoms with Gasteiger partial charge < -0.3 is 15.1 Å². The van der Waals surface area contributed by atoms with E-state index in [2.05, 4.69) is 79.6 Å². The average Bonchev–Trinajstić information content (AvgIpc) is 3.19. The predicted molar refractivity (Wildman–Crippen MR) is 127 cm³/mol. The molecule has 0 spiro atoms. The van der Waals surface area contributed by atoms with Gasteiger partial charge in [-0.3, -0.25) is 4.79 Å². The number of nitrogens with one attached hydrogen (secondary N) is 1. The molecule has 154 valence electrons. The van der Waals surface area contributed by atoms with Crippen LogP contribution in [-0.2, 0) is 6.42 Å². The Morgan fingerprint density at radius 3 is 2.43 bits per heavy atom. The molecule has 1 heterocycles. The molecule has 1 N–H and O–H groups in total. The fraction of sp³-hybridized carbons (Fsp3) is 0.240. The first kappa shape index (κ1) is 20.5. The minimum absolute atomic E-state index is 0.0510. The van der Waals surface area contributed by atoms with Gasteiger partial charge in [-0.05, 0) is 60.0 Å². The zero-order valence-electron chi connectivity index (χ0n) is 17.3. The second-order valence-electron chi connectivity index (χ2n) is 7.79. The summed E-state index contributed by atoms with van der Waals surface area (Å²) in [5, 5.41) is 3.16. The SMILES string of the molecule is CN(C)c1ccc(C(CNC(=O)c2ccc(Br)cc2)N2CCc3ccccc32)cc1. The van der Waals surface area contributed by atoms with E-state index in [4.69, 9.17) is 0 Å². The van der Waals surface area contributed by atoms with Crippen LogP contribution < -0.4 is 15.1 Å². The minimum Gasteiger partial charge on any atom is -0.378 e. The highest BCUT2D eigenvalue weighted by atomic mass is 79.9. The highest BCUT2D eigenvalue weighted by Crippen LogP contribution is 2.35. The lowest BCUT2D eigenvalue weighted by Crippen LogP contribution is -2.37. The van der Waals surface area contributed by atoms with Crippen LogP contribution in [0.3, 0.4) is 0 Å². The Balaban J connectivity index is 1.59. The number of hydrogen-bond donors (Lipinski definition) is 1. The number of para-hydroxylation sites is 1. The molecule has 30 heavy (non-hydrogen) atoms. The molecule has 0 aliphatic carbocycles. The normalized spacial score (nSPS) is 13.6. The Morgan fingerprint density at radius 2 is 1.73 bits per heavy atom. The Kier molecular flexibility index (Phi) is 6.09. The summed E-state index contributed by atoms with van der Waals surface area (Å²) in [6, 6.07) is 24.7. The van der Waals surface area contributed by atoms with Crippen molar-refractivity contribution in [3.63, 3.8) is 0 Å². The lowest BCUT2D eigenvalue weighted by Gasteiger charge is -2.31. The number of carbonyl (C=O) groups excluding carboxylic acids is 1. The molecule has 5 heteroatoms. The van der Waals surface area contributed by atoms with Gasteiger partial charge in [0.2, 0.25) is 0 Å². The van der Waals surface area contributed by atoms with E-state index in [0.29, 0.717) is 12.1 Å². The number of hydrogen-bond acceptors (Lipinski definition) is 3. The Morgan fingerprint density at radius 1 is 1.03 bits per heavy atom. The molecule has 1 unspecified atom stereocenters. The summed E-state index contributed by atoms with van der Waals surface area (Å²) in [5.74, 6) is -0.0510. The standard InChI is InChI=1S/C25H26BrN3O/c1-28(2)22-13-9-19(10-14-22)24(29-16-15-18-5-3-4-6-23(18)29)17-27-25(30)20-7-11-21(26)12-8-20/h3-14,24H,15-17H2,1-2H3,(H,27,30). The lowest BCUT2D eigenvalue weighted by molar-refractivity contribution is 0.0951. The van der Waals surface area contributed by atoms with Crippen LogP contribution in [0.1, 0.15) is 27.5 Å². The van der Waals surface area contributed by atoms with Crippen molar-refractivity contribution < 1.29 is 4.79 Å². The fourth-order valence-electron chi connectivity index (χ4n) is 3.98. The summed E-state index contributed by atoms with van der Waals surface area (Å²) in [6.45, 7) is 1.50.